The molecule has 1 atom stereocenters. The molecule has 7 heteroatoms. The first-order chi connectivity index (χ1) is 9.78. The SMILES string of the molecule is CN1CCN(C(=O)C2CCC(F)(F)CC2)C[C@@H](C(N)=O)C1. The van der Waals surface area contributed by atoms with Crippen molar-refractivity contribution in [3.05, 3.63) is 0 Å². The Morgan fingerprint density at radius 3 is 2.29 bits per heavy atom. The Hall–Kier alpha value is -1.24. The Morgan fingerprint density at radius 1 is 1.10 bits per heavy atom. The van der Waals surface area contributed by atoms with Gasteiger partial charge >= 0.3 is 0 Å². The van der Waals surface area contributed by atoms with Crippen LogP contribution < -0.4 is 5.73 Å². The number of halogens is 2. The third-order valence-corrected chi connectivity index (χ3v) is 4.50. The van der Waals surface area contributed by atoms with Crippen LogP contribution in [0.25, 0.3) is 0 Å². The highest BCUT2D eigenvalue weighted by Gasteiger charge is 2.39. The van der Waals surface area contributed by atoms with Gasteiger partial charge in [0.05, 0.1) is 5.92 Å². The number of likely N-dealkylation sites (N-methyl/N-ethyl adjacent to an activating group) is 1. The molecule has 0 spiro atoms. The number of rotatable bonds is 2. The average Bonchev–Trinajstić information content (AvgIpc) is 2.60. The summed E-state index contributed by atoms with van der Waals surface area (Å²) in [7, 11) is 1.88. The highest BCUT2D eigenvalue weighted by atomic mass is 19.3. The minimum absolute atomic E-state index is 0.105. The number of primary amides is 1. The molecule has 2 fully saturated rings. The zero-order valence-electron chi connectivity index (χ0n) is 12.4. The quantitative estimate of drug-likeness (QED) is 0.816. The van der Waals surface area contributed by atoms with Crippen LogP contribution in [0, 0.1) is 11.8 Å². The Bertz CT molecular complexity index is 407. The molecule has 2 rings (SSSR count). The summed E-state index contributed by atoms with van der Waals surface area (Å²) in [6, 6.07) is 0. The van der Waals surface area contributed by atoms with Gasteiger partial charge in [-0.1, -0.05) is 0 Å². The van der Waals surface area contributed by atoms with Crippen LogP contribution in [0.1, 0.15) is 25.7 Å². The predicted molar refractivity (Wildman–Crippen MR) is 73.7 cm³/mol. The van der Waals surface area contributed by atoms with Crippen molar-refractivity contribution < 1.29 is 18.4 Å². The summed E-state index contributed by atoms with van der Waals surface area (Å²) in [5, 5.41) is 0. The first-order valence-electron chi connectivity index (χ1n) is 7.43. The van der Waals surface area contributed by atoms with Crippen molar-refractivity contribution in [2.45, 2.75) is 31.6 Å². The summed E-state index contributed by atoms with van der Waals surface area (Å²) in [5.74, 6) is -3.90. The first kappa shape index (κ1) is 16.1. The fraction of sp³-hybridized carbons (Fsp3) is 0.857. The van der Waals surface area contributed by atoms with Crippen molar-refractivity contribution in [1.29, 1.82) is 0 Å². The number of hydrogen-bond acceptors (Lipinski definition) is 3. The molecule has 0 aromatic heterocycles. The van der Waals surface area contributed by atoms with Crippen LogP contribution in [0.4, 0.5) is 8.78 Å². The van der Waals surface area contributed by atoms with Crippen LogP contribution in [-0.2, 0) is 9.59 Å². The number of nitrogens with two attached hydrogens (primary N) is 1. The van der Waals surface area contributed by atoms with E-state index < -0.39 is 17.7 Å². The standard InChI is InChI=1S/C14H23F2N3O2/c1-18-6-7-19(9-11(8-18)12(17)20)13(21)10-2-4-14(15,16)5-3-10/h10-11H,2-9H2,1H3,(H2,17,20)/t11-/m0/s1. The van der Waals surface area contributed by atoms with E-state index in [0.717, 1.165) is 0 Å². The molecule has 21 heavy (non-hydrogen) atoms. The molecular formula is C14H23F2N3O2. The molecule has 1 aliphatic carbocycles. The molecule has 0 aromatic rings. The molecule has 2 aliphatic rings. The van der Waals surface area contributed by atoms with Crippen LogP contribution in [0.2, 0.25) is 0 Å². The number of alkyl halides is 2. The first-order valence-corrected chi connectivity index (χ1v) is 7.43. The lowest BCUT2D eigenvalue weighted by Gasteiger charge is -2.32. The van der Waals surface area contributed by atoms with E-state index in [2.05, 4.69) is 0 Å². The summed E-state index contributed by atoms with van der Waals surface area (Å²) in [4.78, 5) is 27.5. The number of carbonyl (C=O) groups is 2. The Kier molecular flexibility index (Phi) is 4.81. The third kappa shape index (κ3) is 4.12. The summed E-state index contributed by atoms with van der Waals surface area (Å²) in [5.41, 5.74) is 5.37. The van der Waals surface area contributed by atoms with E-state index in [1.165, 1.54) is 0 Å². The van der Waals surface area contributed by atoms with Crippen LogP contribution in [-0.4, -0.2) is 60.8 Å². The number of hydrogen-bond donors (Lipinski definition) is 1. The van der Waals surface area contributed by atoms with Crippen molar-refractivity contribution in [2.24, 2.45) is 17.6 Å². The van der Waals surface area contributed by atoms with Crippen LogP contribution in [0.5, 0.6) is 0 Å². The Morgan fingerprint density at radius 2 is 1.71 bits per heavy atom. The lowest BCUT2D eigenvalue weighted by Crippen LogP contribution is -2.44. The topological polar surface area (TPSA) is 66.6 Å². The second kappa shape index (κ2) is 6.25. The van der Waals surface area contributed by atoms with Gasteiger partial charge in [-0.25, -0.2) is 8.78 Å². The second-order valence-electron chi connectivity index (χ2n) is 6.28. The maximum atomic E-state index is 13.2. The molecule has 1 aliphatic heterocycles. The van der Waals surface area contributed by atoms with Crippen molar-refractivity contribution in [3.63, 3.8) is 0 Å². The fourth-order valence-electron chi connectivity index (χ4n) is 3.10. The summed E-state index contributed by atoms with van der Waals surface area (Å²) >= 11 is 0. The third-order valence-electron chi connectivity index (χ3n) is 4.50. The Balaban J connectivity index is 1.99. The van der Waals surface area contributed by atoms with E-state index >= 15 is 0 Å². The normalized spacial score (nSPS) is 28.1. The van der Waals surface area contributed by atoms with Crippen molar-refractivity contribution in [1.82, 2.24) is 9.80 Å². The predicted octanol–water partition coefficient (Wildman–Crippen LogP) is 0.687. The monoisotopic (exact) mass is 303 g/mol. The lowest BCUT2D eigenvalue weighted by atomic mass is 9.85. The van der Waals surface area contributed by atoms with Crippen LogP contribution in [0.3, 0.4) is 0 Å². The molecule has 0 unspecified atom stereocenters. The largest absolute Gasteiger partial charge is 0.369 e. The maximum Gasteiger partial charge on any atom is 0.248 e. The van der Waals surface area contributed by atoms with Crippen LogP contribution >= 0.6 is 0 Å². The van der Waals surface area contributed by atoms with E-state index in [0.29, 0.717) is 26.2 Å². The van der Waals surface area contributed by atoms with E-state index in [1.54, 1.807) is 4.90 Å². The minimum Gasteiger partial charge on any atom is -0.369 e. The molecule has 0 aromatic carbocycles. The van der Waals surface area contributed by atoms with Crippen molar-refractivity contribution >= 4 is 11.8 Å². The van der Waals surface area contributed by atoms with Crippen molar-refractivity contribution in [2.75, 3.05) is 33.2 Å². The van der Waals surface area contributed by atoms with Gasteiger partial charge in [-0.15, -0.1) is 0 Å². The number of amides is 2. The highest BCUT2D eigenvalue weighted by Crippen LogP contribution is 2.37. The zero-order valence-corrected chi connectivity index (χ0v) is 12.4. The van der Waals surface area contributed by atoms with E-state index in [-0.39, 0.29) is 37.5 Å². The molecule has 1 heterocycles. The van der Waals surface area contributed by atoms with Crippen molar-refractivity contribution in [3.8, 4) is 0 Å². The van der Waals surface area contributed by atoms with Gasteiger partial charge in [0.2, 0.25) is 17.7 Å². The Labute approximate surface area is 123 Å². The molecule has 5 nitrogen and oxygen atoms in total. The summed E-state index contributed by atoms with van der Waals surface area (Å²) < 4.78 is 26.3. The smallest absolute Gasteiger partial charge is 0.248 e. The van der Waals surface area contributed by atoms with Gasteiger partial charge in [-0.05, 0) is 19.9 Å². The highest BCUT2D eigenvalue weighted by molar-refractivity contribution is 5.81. The number of nitrogens with zero attached hydrogens (tertiary/aromatic N) is 2. The molecule has 0 bridgehead atoms. The van der Waals surface area contributed by atoms with E-state index in [4.69, 9.17) is 5.73 Å². The van der Waals surface area contributed by atoms with E-state index in [1.807, 2.05) is 11.9 Å². The van der Waals surface area contributed by atoms with Gasteiger partial charge in [-0.2, -0.15) is 0 Å². The molecule has 2 amide bonds. The van der Waals surface area contributed by atoms with Gasteiger partial charge in [0.25, 0.3) is 0 Å². The zero-order chi connectivity index (χ0) is 15.6. The molecule has 0 radical (unpaired) electrons. The van der Waals surface area contributed by atoms with Gasteiger partial charge in [0.1, 0.15) is 0 Å². The van der Waals surface area contributed by atoms with Gasteiger partial charge in [0, 0.05) is 44.9 Å². The fourth-order valence-corrected chi connectivity index (χ4v) is 3.10. The summed E-state index contributed by atoms with van der Waals surface area (Å²) in [6.45, 7) is 2.01. The lowest BCUT2D eigenvalue weighted by molar-refractivity contribution is -0.140. The van der Waals surface area contributed by atoms with Gasteiger partial charge in [-0.3, -0.25) is 9.59 Å². The molecular weight excluding hydrogens is 280 g/mol. The molecule has 1 saturated heterocycles. The van der Waals surface area contributed by atoms with Gasteiger partial charge in [0.15, 0.2) is 0 Å². The van der Waals surface area contributed by atoms with Crippen LogP contribution in [0.15, 0.2) is 0 Å². The van der Waals surface area contributed by atoms with E-state index in [9.17, 15) is 18.4 Å². The summed E-state index contributed by atoms with van der Waals surface area (Å²) in [6.07, 6.45) is -0.00832. The molecule has 1 saturated carbocycles. The molecule has 120 valence electrons. The molecule has 2 N–H and O–H groups in total. The average molecular weight is 303 g/mol. The van der Waals surface area contributed by atoms with Gasteiger partial charge < -0.3 is 15.5 Å². The number of carbonyl (C=O) groups excluding carboxylic acids is 2. The minimum atomic E-state index is -2.63. The maximum absolute atomic E-state index is 13.2. The second-order valence-corrected chi connectivity index (χ2v) is 6.28.